The van der Waals surface area contributed by atoms with Crippen molar-refractivity contribution in [1.82, 2.24) is 24.1 Å². The summed E-state index contributed by atoms with van der Waals surface area (Å²) in [4.78, 5) is 25.0. The lowest BCUT2D eigenvalue weighted by atomic mass is 10.1. The van der Waals surface area contributed by atoms with Crippen molar-refractivity contribution in [1.29, 1.82) is 0 Å². The third-order valence-electron chi connectivity index (χ3n) is 4.97. The normalized spacial score (nSPS) is 13.8. The van der Waals surface area contributed by atoms with Gasteiger partial charge in [-0.25, -0.2) is 14.2 Å². The minimum absolute atomic E-state index is 0.103. The minimum atomic E-state index is -0.290. The predicted molar refractivity (Wildman–Crippen MR) is 105 cm³/mol. The monoisotopic (exact) mass is 380 g/mol. The molecular weight excluding hydrogens is 356 g/mol. The van der Waals surface area contributed by atoms with Gasteiger partial charge in [-0.15, -0.1) is 0 Å². The number of benzene rings is 1. The van der Waals surface area contributed by atoms with E-state index in [4.69, 9.17) is 0 Å². The number of amides is 1. The molecule has 0 spiro atoms. The molecule has 0 fully saturated rings. The van der Waals surface area contributed by atoms with Crippen molar-refractivity contribution in [2.75, 3.05) is 5.32 Å². The van der Waals surface area contributed by atoms with Gasteiger partial charge in [0, 0.05) is 19.0 Å². The van der Waals surface area contributed by atoms with Crippen LogP contribution in [-0.4, -0.2) is 30.0 Å². The van der Waals surface area contributed by atoms with Gasteiger partial charge in [-0.05, 0) is 25.3 Å². The van der Waals surface area contributed by atoms with Crippen molar-refractivity contribution < 1.29 is 4.79 Å². The number of carbonyl (C=O) groups is 1. The van der Waals surface area contributed by atoms with Gasteiger partial charge < -0.3 is 5.32 Å². The summed E-state index contributed by atoms with van der Waals surface area (Å²) < 4.78 is 4.69. The molecule has 1 amide bonds. The van der Waals surface area contributed by atoms with Crippen molar-refractivity contribution in [3.8, 4) is 0 Å². The lowest BCUT2D eigenvalue weighted by Gasteiger charge is -2.09. The smallest absolute Gasteiger partial charge is 0.309 e. The zero-order valence-corrected chi connectivity index (χ0v) is 16.0. The van der Waals surface area contributed by atoms with E-state index in [1.54, 1.807) is 21.5 Å². The quantitative estimate of drug-likeness (QED) is 0.733. The van der Waals surface area contributed by atoms with E-state index in [0.29, 0.717) is 18.9 Å². The highest BCUT2D eigenvalue weighted by Gasteiger charge is 2.18. The first-order chi connectivity index (χ1) is 13.6. The second-order valence-electron chi connectivity index (χ2n) is 7.23. The van der Waals surface area contributed by atoms with E-state index in [9.17, 15) is 9.59 Å². The van der Waals surface area contributed by atoms with Gasteiger partial charge in [0.1, 0.15) is 18.2 Å². The Morgan fingerprint density at radius 2 is 2.07 bits per heavy atom. The van der Waals surface area contributed by atoms with Gasteiger partial charge >= 0.3 is 5.69 Å². The lowest BCUT2D eigenvalue weighted by Crippen LogP contribution is -2.30. The third kappa shape index (κ3) is 3.90. The Bertz CT molecular complexity index is 1050. The fourth-order valence-corrected chi connectivity index (χ4v) is 3.59. The standard InChI is InChI=1S/C20H24N6O2/c1-15-6-5-7-16(12-15)13-25-17(9-10-21-25)22-19(27)14-26-20(28)24-11-4-2-3-8-18(24)23-26/h5-7,9-10,12H,2-4,8,11,13-14H2,1H3,(H,22,27). The molecule has 146 valence electrons. The SMILES string of the molecule is Cc1cccc(Cn2nccc2NC(=O)Cn2nc3n(c2=O)CCCCC3)c1. The number of fused-ring (bicyclic) bond motifs is 1. The van der Waals surface area contributed by atoms with Crippen molar-refractivity contribution in [3.05, 3.63) is 64.0 Å². The molecule has 3 aromatic rings. The summed E-state index contributed by atoms with van der Waals surface area (Å²) in [7, 11) is 0. The molecule has 28 heavy (non-hydrogen) atoms. The van der Waals surface area contributed by atoms with E-state index in [-0.39, 0.29) is 18.1 Å². The second-order valence-corrected chi connectivity index (χ2v) is 7.23. The average molecular weight is 380 g/mol. The maximum absolute atomic E-state index is 12.5. The van der Waals surface area contributed by atoms with Crippen molar-refractivity contribution in [2.24, 2.45) is 0 Å². The van der Waals surface area contributed by atoms with Gasteiger partial charge in [0.15, 0.2) is 0 Å². The van der Waals surface area contributed by atoms with Crippen LogP contribution in [0.15, 0.2) is 41.3 Å². The molecular formula is C20H24N6O2. The summed E-state index contributed by atoms with van der Waals surface area (Å²) in [5.41, 5.74) is 2.07. The Kier molecular flexibility index (Phi) is 5.10. The molecule has 0 aliphatic carbocycles. The van der Waals surface area contributed by atoms with E-state index in [1.165, 1.54) is 10.2 Å². The summed E-state index contributed by atoms with van der Waals surface area (Å²) in [6.07, 6.45) is 5.54. The van der Waals surface area contributed by atoms with E-state index < -0.39 is 0 Å². The number of nitrogens with zero attached hydrogens (tertiary/aromatic N) is 5. The first-order valence-corrected chi connectivity index (χ1v) is 9.64. The van der Waals surface area contributed by atoms with Crippen LogP contribution in [-0.2, 0) is 30.8 Å². The number of carbonyl (C=O) groups excluding carboxylic acids is 1. The number of hydrogen-bond acceptors (Lipinski definition) is 4. The van der Waals surface area contributed by atoms with Crippen molar-refractivity contribution >= 4 is 11.7 Å². The van der Waals surface area contributed by atoms with Gasteiger partial charge in [-0.2, -0.15) is 10.2 Å². The van der Waals surface area contributed by atoms with Crippen LogP contribution in [0.1, 0.15) is 36.2 Å². The Morgan fingerprint density at radius 3 is 2.93 bits per heavy atom. The van der Waals surface area contributed by atoms with Crippen LogP contribution in [0.25, 0.3) is 0 Å². The zero-order valence-electron chi connectivity index (χ0n) is 16.0. The van der Waals surface area contributed by atoms with Crippen LogP contribution >= 0.6 is 0 Å². The fraction of sp³-hybridized carbons (Fsp3) is 0.400. The number of rotatable bonds is 5. The van der Waals surface area contributed by atoms with Crippen LogP contribution in [0.5, 0.6) is 0 Å². The van der Waals surface area contributed by atoms with Gasteiger partial charge in [-0.3, -0.25) is 9.36 Å². The van der Waals surface area contributed by atoms with Crippen LogP contribution < -0.4 is 11.0 Å². The molecule has 0 bridgehead atoms. The molecule has 1 aliphatic rings. The van der Waals surface area contributed by atoms with Crippen molar-refractivity contribution in [2.45, 2.75) is 52.2 Å². The van der Waals surface area contributed by atoms with Gasteiger partial charge in [-0.1, -0.05) is 36.2 Å². The number of aryl methyl sites for hydroxylation is 2. The molecule has 0 unspecified atom stereocenters. The fourth-order valence-electron chi connectivity index (χ4n) is 3.59. The summed E-state index contributed by atoms with van der Waals surface area (Å²) in [6.45, 7) is 3.18. The number of hydrogen-bond donors (Lipinski definition) is 1. The molecule has 3 heterocycles. The highest BCUT2D eigenvalue weighted by atomic mass is 16.2. The second kappa shape index (κ2) is 7.84. The maximum atomic E-state index is 12.5. The summed E-state index contributed by atoms with van der Waals surface area (Å²) in [6, 6.07) is 9.91. The number of anilines is 1. The highest BCUT2D eigenvalue weighted by molar-refractivity contribution is 5.89. The Balaban J connectivity index is 1.45. The summed E-state index contributed by atoms with van der Waals surface area (Å²) >= 11 is 0. The topological polar surface area (TPSA) is 86.7 Å². The molecule has 1 aliphatic heterocycles. The molecule has 0 radical (unpaired) electrons. The molecule has 1 N–H and O–H groups in total. The van der Waals surface area contributed by atoms with Gasteiger partial charge in [0.2, 0.25) is 5.91 Å². The third-order valence-corrected chi connectivity index (χ3v) is 4.97. The Labute approximate surface area is 162 Å². The van der Waals surface area contributed by atoms with E-state index in [0.717, 1.165) is 37.1 Å². The number of nitrogens with one attached hydrogen (secondary N) is 1. The first kappa shape index (κ1) is 18.2. The van der Waals surface area contributed by atoms with Crippen LogP contribution in [0.4, 0.5) is 5.82 Å². The molecule has 8 heteroatoms. The maximum Gasteiger partial charge on any atom is 0.346 e. The predicted octanol–water partition coefficient (Wildman–Crippen LogP) is 1.96. The van der Waals surface area contributed by atoms with E-state index in [1.807, 2.05) is 25.1 Å². The molecule has 1 aromatic carbocycles. The van der Waals surface area contributed by atoms with E-state index in [2.05, 4.69) is 21.6 Å². The molecule has 4 rings (SSSR count). The summed E-state index contributed by atoms with van der Waals surface area (Å²) in [5.74, 6) is 1.08. The molecule has 0 saturated carbocycles. The first-order valence-electron chi connectivity index (χ1n) is 9.64. The molecule has 0 saturated heterocycles. The van der Waals surface area contributed by atoms with Crippen molar-refractivity contribution in [3.63, 3.8) is 0 Å². The Hall–Kier alpha value is -3.16. The van der Waals surface area contributed by atoms with E-state index >= 15 is 0 Å². The van der Waals surface area contributed by atoms with Crippen LogP contribution in [0, 0.1) is 6.92 Å². The molecule has 2 aromatic heterocycles. The van der Waals surface area contributed by atoms with Crippen LogP contribution in [0.2, 0.25) is 0 Å². The van der Waals surface area contributed by atoms with Gasteiger partial charge in [0.05, 0.1) is 12.7 Å². The van der Waals surface area contributed by atoms with Crippen LogP contribution in [0.3, 0.4) is 0 Å². The Morgan fingerprint density at radius 1 is 1.18 bits per heavy atom. The largest absolute Gasteiger partial charge is 0.346 e. The number of aromatic nitrogens is 5. The molecule has 0 atom stereocenters. The lowest BCUT2D eigenvalue weighted by molar-refractivity contribution is -0.117. The summed E-state index contributed by atoms with van der Waals surface area (Å²) in [5, 5.41) is 11.5. The zero-order chi connectivity index (χ0) is 19.5. The minimum Gasteiger partial charge on any atom is -0.309 e. The highest BCUT2D eigenvalue weighted by Crippen LogP contribution is 2.12. The van der Waals surface area contributed by atoms with Gasteiger partial charge in [0.25, 0.3) is 0 Å². The average Bonchev–Trinajstić information content (AvgIpc) is 3.10. The molecule has 8 nitrogen and oxygen atoms in total.